The molecule has 0 spiro atoms. The van der Waals surface area contributed by atoms with Crippen LogP contribution in [0.15, 0.2) is 18.2 Å². The SMILES string of the molecule is CCCS(=O)(=O)N1CC(=O)N(c2ccc(Cl)cc2C)[C@](C)(C(=O)NC2CCCCCC2)C1. The first-order chi connectivity index (χ1) is 15.1. The van der Waals surface area contributed by atoms with E-state index in [4.69, 9.17) is 11.6 Å². The third kappa shape index (κ3) is 5.29. The largest absolute Gasteiger partial charge is 0.351 e. The van der Waals surface area contributed by atoms with E-state index >= 15 is 0 Å². The second-order valence-electron chi connectivity index (χ2n) is 9.18. The van der Waals surface area contributed by atoms with Gasteiger partial charge in [0.25, 0.3) is 0 Å². The van der Waals surface area contributed by atoms with E-state index in [9.17, 15) is 18.0 Å². The van der Waals surface area contributed by atoms with Crippen LogP contribution in [-0.4, -0.2) is 55.0 Å². The molecule has 1 saturated carbocycles. The standard InChI is InChI=1S/C23H34ClN3O4S/c1-4-13-32(30,31)26-15-21(28)27(20-12-11-18(24)14-17(20)2)23(3,16-26)22(29)25-19-9-7-5-6-8-10-19/h11-12,14,19H,4-10,13,15-16H2,1-3H3,(H,25,29)/t23-/m0/s1. The van der Waals surface area contributed by atoms with Gasteiger partial charge in [-0.2, -0.15) is 4.31 Å². The van der Waals surface area contributed by atoms with E-state index in [2.05, 4.69) is 5.32 Å². The van der Waals surface area contributed by atoms with Gasteiger partial charge in [-0.1, -0.05) is 44.2 Å². The van der Waals surface area contributed by atoms with Crippen molar-refractivity contribution >= 4 is 39.1 Å². The van der Waals surface area contributed by atoms with Crippen molar-refractivity contribution in [1.29, 1.82) is 0 Å². The van der Waals surface area contributed by atoms with Crippen LogP contribution in [0.4, 0.5) is 5.69 Å². The maximum Gasteiger partial charge on any atom is 0.247 e. The average Bonchev–Trinajstić information content (AvgIpc) is 2.97. The van der Waals surface area contributed by atoms with Crippen molar-refractivity contribution in [3.63, 3.8) is 0 Å². The maximum absolute atomic E-state index is 13.7. The summed E-state index contributed by atoms with van der Waals surface area (Å²) in [5.74, 6) is -0.788. The first kappa shape index (κ1) is 25.0. The number of halogens is 1. The number of carbonyl (C=O) groups excluding carboxylic acids is 2. The van der Waals surface area contributed by atoms with Gasteiger partial charge in [0, 0.05) is 23.3 Å². The molecule has 1 heterocycles. The number of nitrogens with zero attached hydrogens (tertiary/aromatic N) is 2. The average molecular weight is 484 g/mol. The molecule has 0 bridgehead atoms. The molecule has 9 heteroatoms. The smallest absolute Gasteiger partial charge is 0.247 e. The van der Waals surface area contributed by atoms with E-state index in [0.29, 0.717) is 17.1 Å². The number of benzene rings is 1. The minimum absolute atomic E-state index is 0.0349. The van der Waals surface area contributed by atoms with Gasteiger partial charge < -0.3 is 5.32 Å². The Hall–Kier alpha value is -1.64. The number of carbonyl (C=O) groups is 2. The molecule has 1 atom stereocenters. The Bertz CT molecular complexity index is 960. The first-order valence-electron chi connectivity index (χ1n) is 11.5. The quantitative estimate of drug-likeness (QED) is 0.626. The molecule has 0 aromatic heterocycles. The molecule has 3 rings (SSSR count). The normalized spacial score (nSPS) is 23.8. The van der Waals surface area contributed by atoms with Gasteiger partial charge in [-0.15, -0.1) is 0 Å². The summed E-state index contributed by atoms with van der Waals surface area (Å²) in [6.07, 6.45) is 6.65. The lowest BCUT2D eigenvalue weighted by atomic mass is 9.92. The zero-order valence-corrected chi connectivity index (χ0v) is 20.8. The molecule has 1 saturated heterocycles. The minimum Gasteiger partial charge on any atom is -0.351 e. The van der Waals surface area contributed by atoms with Crippen LogP contribution in [0.25, 0.3) is 0 Å². The van der Waals surface area contributed by atoms with Gasteiger partial charge in [-0.05, 0) is 56.9 Å². The van der Waals surface area contributed by atoms with Gasteiger partial charge in [-0.3, -0.25) is 14.5 Å². The van der Waals surface area contributed by atoms with Gasteiger partial charge in [0.05, 0.1) is 12.3 Å². The van der Waals surface area contributed by atoms with E-state index < -0.39 is 21.5 Å². The predicted molar refractivity (Wildman–Crippen MR) is 127 cm³/mol. The van der Waals surface area contributed by atoms with E-state index in [-0.39, 0.29) is 30.8 Å². The number of hydrogen-bond acceptors (Lipinski definition) is 4. The summed E-state index contributed by atoms with van der Waals surface area (Å²) >= 11 is 6.12. The molecule has 0 radical (unpaired) electrons. The highest BCUT2D eigenvalue weighted by Crippen LogP contribution is 2.34. The van der Waals surface area contributed by atoms with Crippen molar-refractivity contribution in [1.82, 2.24) is 9.62 Å². The molecule has 1 N–H and O–H groups in total. The van der Waals surface area contributed by atoms with Gasteiger partial charge in [0.15, 0.2) is 0 Å². The Kier molecular flexibility index (Phi) is 7.89. The van der Waals surface area contributed by atoms with Crippen LogP contribution >= 0.6 is 11.6 Å². The summed E-state index contributed by atoms with van der Waals surface area (Å²) < 4.78 is 26.8. The second kappa shape index (κ2) is 10.1. The van der Waals surface area contributed by atoms with Gasteiger partial charge >= 0.3 is 0 Å². The molecule has 32 heavy (non-hydrogen) atoms. The summed E-state index contributed by atoms with van der Waals surface area (Å²) in [4.78, 5) is 28.5. The molecule has 1 aromatic rings. The Morgan fingerprint density at radius 1 is 1.22 bits per heavy atom. The molecular formula is C23H34ClN3O4S. The number of anilines is 1. The first-order valence-corrected chi connectivity index (χ1v) is 13.4. The van der Waals surface area contributed by atoms with Crippen LogP contribution in [0, 0.1) is 6.92 Å². The monoisotopic (exact) mass is 483 g/mol. The fraction of sp³-hybridized carbons (Fsp3) is 0.652. The number of piperazine rings is 1. The van der Waals surface area contributed by atoms with Crippen molar-refractivity contribution in [2.45, 2.75) is 77.3 Å². The van der Waals surface area contributed by atoms with E-state index in [1.807, 2.05) is 6.92 Å². The lowest BCUT2D eigenvalue weighted by Crippen LogP contribution is -2.71. The minimum atomic E-state index is -3.65. The lowest BCUT2D eigenvalue weighted by molar-refractivity contribution is -0.133. The van der Waals surface area contributed by atoms with Gasteiger partial charge in [-0.25, -0.2) is 8.42 Å². The summed E-state index contributed by atoms with van der Waals surface area (Å²) in [7, 11) is -3.65. The number of amides is 2. The van der Waals surface area contributed by atoms with Crippen LogP contribution in [-0.2, 0) is 19.6 Å². The third-order valence-corrected chi connectivity index (χ3v) is 8.68. The zero-order chi connectivity index (χ0) is 23.5. The summed E-state index contributed by atoms with van der Waals surface area (Å²) in [6.45, 7) is 4.92. The van der Waals surface area contributed by atoms with Crippen molar-refractivity contribution in [3.8, 4) is 0 Å². The molecular weight excluding hydrogens is 450 g/mol. The Morgan fingerprint density at radius 2 is 1.88 bits per heavy atom. The number of nitrogens with one attached hydrogen (secondary N) is 1. The number of hydrogen-bond donors (Lipinski definition) is 1. The Labute approximate surface area is 196 Å². The molecule has 2 aliphatic rings. The van der Waals surface area contributed by atoms with Crippen molar-refractivity contribution in [3.05, 3.63) is 28.8 Å². The number of rotatable bonds is 6. The summed E-state index contributed by atoms with van der Waals surface area (Å²) in [6, 6.07) is 5.19. The topological polar surface area (TPSA) is 86.8 Å². The molecule has 2 amide bonds. The van der Waals surface area contributed by atoms with Gasteiger partial charge in [0.1, 0.15) is 5.54 Å². The second-order valence-corrected chi connectivity index (χ2v) is 11.7. The molecule has 1 aliphatic carbocycles. The Balaban J connectivity index is 2.00. The molecule has 7 nitrogen and oxygen atoms in total. The lowest BCUT2D eigenvalue weighted by Gasteiger charge is -2.47. The molecule has 1 aromatic carbocycles. The maximum atomic E-state index is 13.7. The van der Waals surface area contributed by atoms with Crippen LogP contribution in [0.3, 0.4) is 0 Å². The summed E-state index contributed by atoms with van der Waals surface area (Å²) in [5, 5.41) is 3.68. The summed E-state index contributed by atoms with van der Waals surface area (Å²) in [5.41, 5.74) is -0.0456. The van der Waals surface area contributed by atoms with Crippen LogP contribution in [0.5, 0.6) is 0 Å². The van der Waals surface area contributed by atoms with Crippen molar-refractivity contribution in [2.75, 3.05) is 23.7 Å². The molecule has 0 unspecified atom stereocenters. The van der Waals surface area contributed by atoms with E-state index in [1.54, 1.807) is 32.0 Å². The van der Waals surface area contributed by atoms with Crippen LogP contribution in [0.2, 0.25) is 5.02 Å². The molecule has 178 valence electrons. The highest BCUT2D eigenvalue weighted by Gasteiger charge is 2.51. The Morgan fingerprint density at radius 3 is 2.47 bits per heavy atom. The predicted octanol–water partition coefficient (Wildman–Crippen LogP) is 3.63. The fourth-order valence-corrected chi connectivity index (χ4v) is 6.51. The molecule has 1 aliphatic heterocycles. The number of aryl methyl sites for hydroxylation is 1. The van der Waals surface area contributed by atoms with Crippen molar-refractivity contribution in [2.24, 2.45) is 0 Å². The highest BCUT2D eigenvalue weighted by molar-refractivity contribution is 7.89. The van der Waals surface area contributed by atoms with E-state index in [1.165, 1.54) is 9.21 Å². The van der Waals surface area contributed by atoms with Gasteiger partial charge in [0.2, 0.25) is 21.8 Å². The van der Waals surface area contributed by atoms with E-state index in [0.717, 1.165) is 44.1 Å². The zero-order valence-electron chi connectivity index (χ0n) is 19.2. The van der Waals surface area contributed by atoms with Crippen molar-refractivity contribution < 1.29 is 18.0 Å². The van der Waals surface area contributed by atoms with Crippen LogP contribution in [0.1, 0.15) is 64.4 Å². The highest BCUT2D eigenvalue weighted by atomic mass is 35.5. The van der Waals surface area contributed by atoms with Crippen LogP contribution < -0.4 is 10.2 Å². The molecule has 2 fully saturated rings. The fourth-order valence-electron chi connectivity index (χ4n) is 4.76. The number of sulfonamides is 1. The third-order valence-electron chi connectivity index (χ3n) is 6.47.